The Morgan fingerprint density at radius 1 is 1.33 bits per heavy atom. The molecule has 3 rings (SSSR count). The monoisotopic (exact) mass is 201 g/mol. The minimum Gasteiger partial charge on any atom is -0.326 e. The van der Waals surface area contributed by atoms with Crippen LogP contribution in [0.25, 0.3) is 0 Å². The van der Waals surface area contributed by atoms with Gasteiger partial charge in [-0.25, -0.2) is 0 Å². The summed E-state index contributed by atoms with van der Waals surface area (Å²) in [7, 11) is 0. The molecule has 0 saturated heterocycles. The molecular weight excluding hydrogens is 186 g/mol. The van der Waals surface area contributed by atoms with Crippen LogP contribution in [0.15, 0.2) is 18.2 Å². The van der Waals surface area contributed by atoms with Crippen molar-refractivity contribution in [1.82, 2.24) is 0 Å². The van der Waals surface area contributed by atoms with Crippen molar-refractivity contribution in [3.05, 3.63) is 29.3 Å². The zero-order valence-electron chi connectivity index (χ0n) is 8.92. The molecule has 0 spiro atoms. The molecule has 2 heteroatoms. The highest BCUT2D eigenvalue weighted by Gasteiger charge is 2.26. The number of hydrogen-bond acceptors (Lipinski definition) is 1. The molecule has 1 fully saturated rings. The lowest BCUT2D eigenvalue weighted by Gasteiger charge is -2.22. The Morgan fingerprint density at radius 2 is 2.13 bits per heavy atom. The van der Waals surface area contributed by atoms with Crippen molar-refractivity contribution in [3.63, 3.8) is 0 Å². The van der Waals surface area contributed by atoms with Crippen LogP contribution in [-0.4, -0.2) is 5.91 Å². The highest BCUT2D eigenvalue weighted by Crippen LogP contribution is 2.41. The summed E-state index contributed by atoms with van der Waals surface area (Å²) >= 11 is 0. The maximum absolute atomic E-state index is 11.5. The third kappa shape index (κ3) is 1.54. The lowest BCUT2D eigenvalue weighted by Crippen LogP contribution is -2.27. The predicted molar refractivity (Wildman–Crippen MR) is 59.9 cm³/mol. The molecule has 0 bridgehead atoms. The van der Waals surface area contributed by atoms with Gasteiger partial charge in [-0.15, -0.1) is 0 Å². The third-order valence-corrected chi connectivity index (χ3v) is 3.41. The van der Waals surface area contributed by atoms with Crippen molar-refractivity contribution in [2.45, 2.75) is 32.1 Å². The van der Waals surface area contributed by atoms with Crippen LogP contribution >= 0.6 is 0 Å². The summed E-state index contributed by atoms with van der Waals surface area (Å²) in [6, 6.07) is 6.57. The number of fused-ring (bicyclic) bond motifs is 1. The maximum atomic E-state index is 11.5. The fourth-order valence-corrected chi connectivity index (χ4v) is 2.24. The van der Waals surface area contributed by atoms with Gasteiger partial charge >= 0.3 is 0 Å². The van der Waals surface area contributed by atoms with Gasteiger partial charge in [0.25, 0.3) is 0 Å². The normalized spacial score (nSPS) is 24.6. The molecule has 1 atom stereocenters. The number of anilines is 1. The van der Waals surface area contributed by atoms with Crippen molar-refractivity contribution in [1.29, 1.82) is 0 Å². The zero-order valence-corrected chi connectivity index (χ0v) is 8.92. The largest absolute Gasteiger partial charge is 0.326 e. The lowest BCUT2D eigenvalue weighted by atomic mass is 9.93. The van der Waals surface area contributed by atoms with E-state index >= 15 is 0 Å². The van der Waals surface area contributed by atoms with Crippen LogP contribution in [0, 0.1) is 5.92 Å². The predicted octanol–water partition coefficient (Wildman–Crippen LogP) is 2.69. The van der Waals surface area contributed by atoms with Gasteiger partial charge in [0.15, 0.2) is 0 Å². The van der Waals surface area contributed by atoms with Crippen LogP contribution in [0.1, 0.15) is 36.8 Å². The van der Waals surface area contributed by atoms with Crippen LogP contribution < -0.4 is 5.32 Å². The van der Waals surface area contributed by atoms with E-state index in [4.69, 9.17) is 0 Å². The molecule has 1 unspecified atom stereocenters. The molecule has 2 nitrogen and oxygen atoms in total. The van der Waals surface area contributed by atoms with Crippen LogP contribution in [0.5, 0.6) is 0 Å². The van der Waals surface area contributed by atoms with E-state index < -0.39 is 0 Å². The number of carbonyl (C=O) groups is 1. The quantitative estimate of drug-likeness (QED) is 0.743. The average Bonchev–Trinajstić information content (AvgIpc) is 3.02. The van der Waals surface area contributed by atoms with E-state index in [1.807, 2.05) is 6.92 Å². The van der Waals surface area contributed by atoms with Gasteiger partial charge in [-0.3, -0.25) is 4.79 Å². The summed E-state index contributed by atoms with van der Waals surface area (Å²) in [5, 5.41) is 2.99. The van der Waals surface area contributed by atoms with Crippen molar-refractivity contribution in [2.75, 3.05) is 5.32 Å². The number of benzene rings is 1. The smallest absolute Gasteiger partial charge is 0.227 e. The fourth-order valence-electron chi connectivity index (χ4n) is 2.24. The number of rotatable bonds is 1. The Labute approximate surface area is 89.7 Å². The first-order valence-electron chi connectivity index (χ1n) is 5.68. The Bertz CT molecular complexity index is 421. The average molecular weight is 201 g/mol. The van der Waals surface area contributed by atoms with E-state index in [1.54, 1.807) is 0 Å². The summed E-state index contributed by atoms with van der Waals surface area (Å²) in [6.45, 7) is 1.98. The summed E-state index contributed by atoms with van der Waals surface area (Å²) in [6.07, 6.45) is 3.50. The lowest BCUT2D eigenvalue weighted by molar-refractivity contribution is -0.119. The molecule has 2 aliphatic rings. The molecule has 1 saturated carbocycles. The Morgan fingerprint density at radius 3 is 2.87 bits per heavy atom. The van der Waals surface area contributed by atoms with Crippen LogP contribution in [-0.2, 0) is 11.2 Å². The van der Waals surface area contributed by atoms with Gasteiger partial charge in [-0.1, -0.05) is 19.1 Å². The summed E-state index contributed by atoms with van der Waals surface area (Å²) in [5.74, 6) is 1.03. The first-order chi connectivity index (χ1) is 7.24. The number of carbonyl (C=O) groups excluding carboxylic acids is 1. The Balaban J connectivity index is 1.97. The molecule has 15 heavy (non-hydrogen) atoms. The van der Waals surface area contributed by atoms with Crippen molar-refractivity contribution >= 4 is 11.6 Å². The minimum absolute atomic E-state index is 0.115. The summed E-state index contributed by atoms with van der Waals surface area (Å²) in [4.78, 5) is 11.5. The first kappa shape index (κ1) is 8.96. The molecule has 1 heterocycles. The minimum atomic E-state index is 0.115. The zero-order chi connectivity index (χ0) is 10.4. The molecule has 1 aliphatic carbocycles. The Hall–Kier alpha value is -1.31. The highest BCUT2D eigenvalue weighted by molar-refractivity contribution is 5.95. The van der Waals surface area contributed by atoms with E-state index in [2.05, 4.69) is 23.5 Å². The van der Waals surface area contributed by atoms with Gasteiger partial charge in [-0.2, -0.15) is 0 Å². The maximum Gasteiger partial charge on any atom is 0.227 e. The second-order valence-corrected chi connectivity index (χ2v) is 4.79. The third-order valence-electron chi connectivity index (χ3n) is 3.41. The molecule has 1 aromatic carbocycles. The van der Waals surface area contributed by atoms with Gasteiger partial charge in [0.2, 0.25) is 5.91 Å². The molecule has 1 N–H and O–H groups in total. The van der Waals surface area contributed by atoms with Crippen molar-refractivity contribution in [3.8, 4) is 0 Å². The van der Waals surface area contributed by atoms with Crippen molar-refractivity contribution in [2.24, 2.45) is 5.92 Å². The number of hydrogen-bond donors (Lipinski definition) is 1. The molecule has 1 aliphatic heterocycles. The van der Waals surface area contributed by atoms with Gasteiger partial charge < -0.3 is 5.32 Å². The second-order valence-electron chi connectivity index (χ2n) is 4.79. The van der Waals surface area contributed by atoms with Gasteiger partial charge in [0.1, 0.15) is 0 Å². The Kier molecular flexibility index (Phi) is 1.84. The van der Waals surface area contributed by atoms with E-state index in [9.17, 15) is 4.79 Å². The number of nitrogens with one attached hydrogen (secondary N) is 1. The summed E-state index contributed by atoms with van der Waals surface area (Å²) in [5.41, 5.74) is 3.72. The van der Waals surface area contributed by atoms with Crippen LogP contribution in [0.4, 0.5) is 5.69 Å². The molecule has 1 aromatic rings. The number of amides is 1. The molecule has 78 valence electrons. The van der Waals surface area contributed by atoms with Crippen molar-refractivity contribution < 1.29 is 4.79 Å². The molecule has 0 radical (unpaired) electrons. The fraction of sp³-hybridized carbons (Fsp3) is 0.462. The SMILES string of the molecule is CC1Cc2ccc(C3CC3)cc2NC1=O. The summed E-state index contributed by atoms with van der Waals surface area (Å²) < 4.78 is 0. The van der Waals surface area contributed by atoms with Gasteiger partial charge in [0.05, 0.1) is 0 Å². The van der Waals surface area contributed by atoms with E-state index in [-0.39, 0.29) is 11.8 Å². The van der Waals surface area contributed by atoms with E-state index in [0.717, 1.165) is 18.0 Å². The van der Waals surface area contributed by atoms with E-state index in [1.165, 1.54) is 24.0 Å². The van der Waals surface area contributed by atoms with Gasteiger partial charge in [0, 0.05) is 11.6 Å². The molecule has 1 amide bonds. The van der Waals surface area contributed by atoms with E-state index in [0.29, 0.717) is 0 Å². The topological polar surface area (TPSA) is 29.1 Å². The highest BCUT2D eigenvalue weighted by atomic mass is 16.1. The molecular formula is C13H15NO. The first-order valence-corrected chi connectivity index (χ1v) is 5.68. The molecule has 0 aromatic heterocycles. The second kappa shape index (κ2) is 3.09. The van der Waals surface area contributed by atoms with Crippen LogP contribution in [0.3, 0.4) is 0 Å². The standard InChI is InChI=1S/C13H15NO/c1-8-6-11-5-4-10(9-2-3-9)7-12(11)14-13(8)15/h4-5,7-9H,2-3,6H2,1H3,(H,14,15). The van der Waals surface area contributed by atoms with Crippen LogP contribution in [0.2, 0.25) is 0 Å². The van der Waals surface area contributed by atoms with Gasteiger partial charge in [-0.05, 0) is 42.4 Å².